The van der Waals surface area contributed by atoms with Crippen LogP contribution in [-0.2, 0) is 14.3 Å². The number of carbonyl (C=O) groups excluding carboxylic acids is 1. The van der Waals surface area contributed by atoms with E-state index in [4.69, 9.17) is 9.47 Å². The minimum atomic E-state index is -0.550. The van der Waals surface area contributed by atoms with E-state index in [9.17, 15) is 4.79 Å². The number of hydrogen-bond acceptors (Lipinski definition) is 3. The molecule has 3 heteroatoms. The van der Waals surface area contributed by atoms with Crippen LogP contribution in [0.1, 0.15) is 88.0 Å². The molecule has 3 nitrogen and oxygen atoms in total. The Labute approximate surface area is 172 Å². The van der Waals surface area contributed by atoms with Gasteiger partial charge in [-0.1, -0.05) is 41.5 Å². The lowest BCUT2D eigenvalue weighted by Crippen LogP contribution is -2.73. The van der Waals surface area contributed by atoms with Crippen LogP contribution in [0.15, 0.2) is 0 Å². The van der Waals surface area contributed by atoms with Gasteiger partial charge in [-0.2, -0.15) is 0 Å². The highest BCUT2D eigenvalue weighted by molar-refractivity contribution is 5.85. The van der Waals surface area contributed by atoms with Crippen molar-refractivity contribution in [1.82, 2.24) is 0 Å². The lowest BCUT2D eigenvalue weighted by Gasteiger charge is -2.72. The summed E-state index contributed by atoms with van der Waals surface area (Å²) in [4.78, 5) is 13.2. The Morgan fingerprint density at radius 3 is 2.11 bits per heavy atom. The molecule has 0 aromatic carbocycles. The fourth-order valence-corrected chi connectivity index (χ4v) is 8.73. The predicted octanol–water partition coefficient (Wildman–Crippen LogP) is 5.86. The predicted molar refractivity (Wildman–Crippen MR) is 112 cm³/mol. The molecular weight excluding hydrogens is 348 g/mol. The van der Waals surface area contributed by atoms with Gasteiger partial charge in [0.2, 0.25) is 0 Å². The minimum absolute atomic E-state index is 0.00461. The molecule has 0 amide bonds. The maximum atomic E-state index is 13.2. The van der Waals surface area contributed by atoms with E-state index in [1.165, 1.54) is 6.42 Å². The van der Waals surface area contributed by atoms with E-state index < -0.39 is 5.79 Å². The van der Waals surface area contributed by atoms with Crippen molar-refractivity contribution in [2.75, 3.05) is 0 Å². The number of ketones is 1. The van der Waals surface area contributed by atoms with E-state index in [1.54, 1.807) is 0 Å². The van der Waals surface area contributed by atoms with Gasteiger partial charge >= 0.3 is 0 Å². The zero-order valence-electron chi connectivity index (χ0n) is 19.6. The molecule has 1 aliphatic heterocycles. The lowest BCUT2D eigenvalue weighted by molar-refractivity contribution is -0.398. The van der Waals surface area contributed by atoms with Gasteiger partial charge in [-0.15, -0.1) is 0 Å². The Hall–Kier alpha value is -0.410. The molecule has 0 spiro atoms. The summed E-state index contributed by atoms with van der Waals surface area (Å²) in [5.74, 6) is 2.02. The minimum Gasteiger partial charge on any atom is -0.347 e. The molecule has 3 saturated carbocycles. The standard InChI is InChI=1S/C25H42O3/c1-14-10-12-23(7)18(19(14)26)11-13-24(8)20(23)15(2)16(3)25(9)17(4)27-22(5,6)28-21(24)25/h14-18,20-21H,10-13H2,1-9H3. The van der Waals surface area contributed by atoms with E-state index in [0.29, 0.717) is 23.5 Å². The van der Waals surface area contributed by atoms with E-state index in [2.05, 4.69) is 62.3 Å². The molecule has 0 radical (unpaired) electrons. The number of carbonyl (C=O) groups is 1. The SMILES string of the molecule is CC1CCC2(C)C(CCC3(C)C2C(C)C(C)C2(C)C(C)OC(C)(C)OC32)C1=O. The maximum absolute atomic E-state index is 13.2. The number of Topliss-reactive ketones (excluding diaryl/α,β-unsaturated/α-hetero) is 1. The molecule has 160 valence electrons. The average molecular weight is 391 g/mol. The summed E-state index contributed by atoms with van der Waals surface area (Å²) in [5, 5.41) is 0. The molecule has 0 N–H and O–H groups in total. The largest absolute Gasteiger partial charge is 0.347 e. The van der Waals surface area contributed by atoms with Gasteiger partial charge in [0, 0.05) is 17.3 Å². The van der Waals surface area contributed by atoms with E-state index in [-0.39, 0.29) is 40.3 Å². The molecule has 0 aromatic heterocycles. The molecule has 1 saturated heterocycles. The monoisotopic (exact) mass is 390 g/mol. The van der Waals surface area contributed by atoms with Crippen LogP contribution < -0.4 is 0 Å². The molecule has 0 bridgehead atoms. The second-order valence-corrected chi connectivity index (χ2v) is 12.1. The third-order valence-electron chi connectivity index (χ3n) is 10.3. The van der Waals surface area contributed by atoms with Gasteiger partial charge in [-0.3, -0.25) is 4.79 Å². The summed E-state index contributed by atoms with van der Waals surface area (Å²) in [5.41, 5.74) is 0.179. The van der Waals surface area contributed by atoms with E-state index in [0.717, 1.165) is 19.3 Å². The topological polar surface area (TPSA) is 35.5 Å². The Bertz CT molecular complexity index is 671. The normalized spacial score (nSPS) is 58.5. The quantitative estimate of drug-likeness (QED) is 0.520. The number of ether oxygens (including phenoxy) is 2. The Kier molecular flexibility index (Phi) is 4.51. The highest BCUT2D eigenvalue weighted by Gasteiger charge is 2.71. The van der Waals surface area contributed by atoms with Crippen LogP contribution in [0.3, 0.4) is 0 Å². The first-order valence-electron chi connectivity index (χ1n) is 11.7. The molecule has 1 heterocycles. The van der Waals surface area contributed by atoms with Crippen molar-refractivity contribution in [3.05, 3.63) is 0 Å². The van der Waals surface area contributed by atoms with Crippen LogP contribution in [-0.4, -0.2) is 23.8 Å². The Balaban J connectivity index is 1.83. The zero-order chi connectivity index (χ0) is 20.9. The molecule has 28 heavy (non-hydrogen) atoms. The smallest absolute Gasteiger partial charge is 0.163 e. The van der Waals surface area contributed by atoms with Crippen LogP contribution in [0.4, 0.5) is 0 Å². The highest BCUT2D eigenvalue weighted by Crippen LogP contribution is 2.71. The van der Waals surface area contributed by atoms with Gasteiger partial charge in [0.25, 0.3) is 0 Å². The highest BCUT2D eigenvalue weighted by atomic mass is 16.7. The van der Waals surface area contributed by atoms with Crippen LogP contribution >= 0.6 is 0 Å². The van der Waals surface area contributed by atoms with Crippen LogP contribution in [0.25, 0.3) is 0 Å². The maximum Gasteiger partial charge on any atom is 0.163 e. The second-order valence-electron chi connectivity index (χ2n) is 12.1. The first kappa shape index (κ1) is 20.8. The van der Waals surface area contributed by atoms with Gasteiger partial charge < -0.3 is 9.47 Å². The second kappa shape index (κ2) is 6.06. The van der Waals surface area contributed by atoms with Crippen molar-refractivity contribution in [2.24, 2.45) is 45.8 Å². The van der Waals surface area contributed by atoms with Gasteiger partial charge in [0.1, 0.15) is 5.78 Å². The number of fused-ring (bicyclic) bond motifs is 5. The van der Waals surface area contributed by atoms with Crippen LogP contribution in [0.5, 0.6) is 0 Å². The van der Waals surface area contributed by atoms with E-state index in [1.807, 2.05) is 0 Å². The summed E-state index contributed by atoms with van der Waals surface area (Å²) in [7, 11) is 0. The first-order chi connectivity index (χ1) is 12.8. The van der Waals surface area contributed by atoms with Crippen molar-refractivity contribution in [1.29, 1.82) is 0 Å². The van der Waals surface area contributed by atoms with E-state index >= 15 is 0 Å². The number of hydrogen-bond donors (Lipinski definition) is 0. The van der Waals surface area contributed by atoms with Crippen molar-refractivity contribution in [3.63, 3.8) is 0 Å². The van der Waals surface area contributed by atoms with Gasteiger partial charge in [0.05, 0.1) is 12.2 Å². The summed E-state index contributed by atoms with van der Waals surface area (Å²) in [6, 6.07) is 0. The molecule has 0 aromatic rings. The van der Waals surface area contributed by atoms with Crippen molar-refractivity contribution >= 4 is 5.78 Å². The van der Waals surface area contributed by atoms with Crippen molar-refractivity contribution in [2.45, 2.75) is 106 Å². The van der Waals surface area contributed by atoms with Crippen LogP contribution in [0, 0.1) is 45.8 Å². The number of rotatable bonds is 0. The van der Waals surface area contributed by atoms with Crippen molar-refractivity contribution < 1.29 is 14.3 Å². The van der Waals surface area contributed by atoms with Crippen molar-refractivity contribution in [3.8, 4) is 0 Å². The fourth-order valence-electron chi connectivity index (χ4n) is 8.73. The molecule has 3 aliphatic carbocycles. The molecule has 10 atom stereocenters. The van der Waals surface area contributed by atoms with Gasteiger partial charge in [-0.25, -0.2) is 0 Å². The molecule has 4 aliphatic rings. The lowest BCUT2D eigenvalue weighted by atomic mass is 9.36. The third-order valence-corrected chi connectivity index (χ3v) is 10.3. The first-order valence-corrected chi connectivity index (χ1v) is 11.7. The third kappa shape index (κ3) is 2.44. The molecule has 4 rings (SSSR count). The molecular formula is C25H42O3. The Morgan fingerprint density at radius 2 is 1.46 bits per heavy atom. The van der Waals surface area contributed by atoms with Crippen LogP contribution in [0.2, 0.25) is 0 Å². The summed E-state index contributed by atoms with van der Waals surface area (Å²) < 4.78 is 13.2. The van der Waals surface area contributed by atoms with Gasteiger partial charge in [-0.05, 0) is 75.0 Å². The Morgan fingerprint density at radius 1 is 0.857 bits per heavy atom. The summed E-state index contributed by atoms with van der Waals surface area (Å²) in [6.07, 6.45) is 4.68. The molecule has 4 fully saturated rings. The molecule has 10 unspecified atom stereocenters. The summed E-state index contributed by atoms with van der Waals surface area (Å²) >= 11 is 0. The summed E-state index contributed by atoms with van der Waals surface area (Å²) in [6.45, 7) is 20.8. The fraction of sp³-hybridized carbons (Fsp3) is 0.960. The zero-order valence-corrected chi connectivity index (χ0v) is 19.6. The average Bonchev–Trinajstić information content (AvgIpc) is 2.59. The van der Waals surface area contributed by atoms with Gasteiger partial charge in [0.15, 0.2) is 5.79 Å².